The lowest BCUT2D eigenvalue weighted by Crippen LogP contribution is -2.31. The van der Waals surface area contributed by atoms with Crippen LogP contribution in [-0.2, 0) is 13.0 Å². The highest BCUT2D eigenvalue weighted by atomic mass is 16.1. The molecule has 2 aromatic rings. The van der Waals surface area contributed by atoms with E-state index in [0.717, 1.165) is 24.2 Å². The third-order valence-electron chi connectivity index (χ3n) is 2.75. The van der Waals surface area contributed by atoms with Crippen LogP contribution in [0.3, 0.4) is 0 Å². The van der Waals surface area contributed by atoms with E-state index in [1.54, 1.807) is 18.6 Å². The van der Waals surface area contributed by atoms with Gasteiger partial charge in [0.05, 0.1) is 11.9 Å². The highest BCUT2D eigenvalue weighted by Crippen LogP contribution is 2.12. The summed E-state index contributed by atoms with van der Waals surface area (Å²) in [6.07, 6.45) is 5.47. The van der Waals surface area contributed by atoms with E-state index < -0.39 is 0 Å². The third-order valence-corrected chi connectivity index (χ3v) is 2.75. The SMILES string of the molecule is O=c1[nH]c(-c2cnccn2)nc2c1CCNC2. The number of rotatable bonds is 1. The van der Waals surface area contributed by atoms with Crippen LogP contribution in [-0.4, -0.2) is 26.5 Å². The van der Waals surface area contributed by atoms with E-state index in [1.165, 1.54) is 0 Å². The second kappa shape index (κ2) is 4.06. The zero-order valence-electron chi connectivity index (χ0n) is 9.10. The standard InChI is InChI=1S/C11H11N5O/c17-11-7-1-2-12-5-8(7)15-10(16-11)9-6-13-3-4-14-9/h3-4,6,12H,1-2,5H2,(H,15,16,17). The summed E-state index contributed by atoms with van der Waals surface area (Å²) in [5.74, 6) is 0.477. The second-order valence-electron chi connectivity index (χ2n) is 3.86. The summed E-state index contributed by atoms with van der Waals surface area (Å²) in [6.45, 7) is 1.45. The maximum Gasteiger partial charge on any atom is 0.254 e. The van der Waals surface area contributed by atoms with Crippen molar-refractivity contribution in [1.82, 2.24) is 25.3 Å². The molecule has 0 spiro atoms. The van der Waals surface area contributed by atoms with Gasteiger partial charge in [-0.3, -0.25) is 9.78 Å². The van der Waals surface area contributed by atoms with Crippen LogP contribution in [0.1, 0.15) is 11.3 Å². The fraction of sp³-hybridized carbons (Fsp3) is 0.273. The lowest BCUT2D eigenvalue weighted by molar-refractivity contribution is 0.619. The molecule has 0 bridgehead atoms. The summed E-state index contributed by atoms with van der Waals surface area (Å²) in [5, 5.41) is 3.20. The van der Waals surface area contributed by atoms with Crippen LogP contribution in [0.4, 0.5) is 0 Å². The van der Waals surface area contributed by atoms with Crippen molar-refractivity contribution in [3.63, 3.8) is 0 Å². The molecule has 0 saturated carbocycles. The number of nitrogens with one attached hydrogen (secondary N) is 2. The minimum atomic E-state index is -0.0721. The molecule has 0 atom stereocenters. The molecule has 0 radical (unpaired) electrons. The zero-order chi connectivity index (χ0) is 11.7. The van der Waals surface area contributed by atoms with Gasteiger partial charge in [0.1, 0.15) is 5.69 Å². The molecule has 86 valence electrons. The second-order valence-corrected chi connectivity index (χ2v) is 3.86. The molecule has 0 saturated heterocycles. The average molecular weight is 229 g/mol. The molecule has 0 unspecified atom stereocenters. The normalized spacial score (nSPS) is 14.4. The van der Waals surface area contributed by atoms with Crippen molar-refractivity contribution < 1.29 is 0 Å². The number of aromatic nitrogens is 4. The highest BCUT2D eigenvalue weighted by molar-refractivity contribution is 5.47. The van der Waals surface area contributed by atoms with Crippen LogP contribution in [0.5, 0.6) is 0 Å². The molecule has 1 aliphatic rings. The van der Waals surface area contributed by atoms with Crippen molar-refractivity contribution in [3.8, 4) is 11.5 Å². The van der Waals surface area contributed by atoms with Crippen molar-refractivity contribution in [1.29, 1.82) is 0 Å². The predicted molar refractivity (Wildman–Crippen MR) is 61.3 cm³/mol. The monoisotopic (exact) mass is 229 g/mol. The van der Waals surface area contributed by atoms with Crippen molar-refractivity contribution >= 4 is 0 Å². The van der Waals surface area contributed by atoms with Crippen LogP contribution in [0, 0.1) is 0 Å². The Morgan fingerprint density at radius 2 is 2.24 bits per heavy atom. The van der Waals surface area contributed by atoms with Gasteiger partial charge in [-0.2, -0.15) is 0 Å². The Hall–Kier alpha value is -2.08. The molecule has 2 N–H and O–H groups in total. The Kier molecular flexibility index (Phi) is 2.41. The summed E-state index contributed by atoms with van der Waals surface area (Å²) in [6, 6.07) is 0. The summed E-state index contributed by atoms with van der Waals surface area (Å²) in [5.41, 5.74) is 2.09. The zero-order valence-corrected chi connectivity index (χ0v) is 9.10. The van der Waals surface area contributed by atoms with E-state index in [9.17, 15) is 4.79 Å². The summed E-state index contributed by atoms with van der Waals surface area (Å²) in [7, 11) is 0. The number of fused-ring (bicyclic) bond motifs is 1. The number of hydrogen-bond donors (Lipinski definition) is 2. The third kappa shape index (κ3) is 1.83. The van der Waals surface area contributed by atoms with Crippen LogP contribution in [0.25, 0.3) is 11.5 Å². The highest BCUT2D eigenvalue weighted by Gasteiger charge is 2.15. The van der Waals surface area contributed by atoms with Gasteiger partial charge in [-0.1, -0.05) is 0 Å². The Bertz CT molecular complexity index is 593. The smallest absolute Gasteiger partial charge is 0.254 e. The summed E-state index contributed by atoms with van der Waals surface area (Å²) >= 11 is 0. The molecule has 3 heterocycles. The van der Waals surface area contributed by atoms with Gasteiger partial charge < -0.3 is 10.3 Å². The van der Waals surface area contributed by atoms with Gasteiger partial charge in [-0.25, -0.2) is 9.97 Å². The van der Waals surface area contributed by atoms with Crippen LogP contribution in [0.2, 0.25) is 0 Å². The van der Waals surface area contributed by atoms with Gasteiger partial charge in [-0.15, -0.1) is 0 Å². The molecule has 1 aliphatic heterocycles. The molecule has 0 aliphatic carbocycles. The maximum atomic E-state index is 11.9. The number of hydrogen-bond acceptors (Lipinski definition) is 5. The Labute approximate surface area is 97.2 Å². The maximum absolute atomic E-state index is 11.9. The van der Waals surface area contributed by atoms with E-state index in [-0.39, 0.29) is 5.56 Å². The van der Waals surface area contributed by atoms with Gasteiger partial charge in [0.15, 0.2) is 5.82 Å². The van der Waals surface area contributed by atoms with Crippen LogP contribution < -0.4 is 10.9 Å². The lowest BCUT2D eigenvalue weighted by atomic mass is 10.1. The van der Waals surface area contributed by atoms with Crippen molar-refractivity contribution in [2.45, 2.75) is 13.0 Å². The van der Waals surface area contributed by atoms with Crippen molar-refractivity contribution in [3.05, 3.63) is 40.2 Å². The van der Waals surface area contributed by atoms with E-state index in [1.807, 2.05) is 0 Å². The van der Waals surface area contributed by atoms with Gasteiger partial charge in [0.2, 0.25) is 0 Å². The fourth-order valence-electron chi connectivity index (χ4n) is 1.91. The summed E-state index contributed by atoms with van der Waals surface area (Å²) < 4.78 is 0. The first kappa shape index (κ1) is 10.1. The first-order valence-corrected chi connectivity index (χ1v) is 5.44. The average Bonchev–Trinajstić information content (AvgIpc) is 2.40. The molecule has 17 heavy (non-hydrogen) atoms. The lowest BCUT2D eigenvalue weighted by Gasteiger charge is -2.15. The first-order chi connectivity index (χ1) is 8.34. The van der Waals surface area contributed by atoms with Crippen molar-refractivity contribution in [2.24, 2.45) is 0 Å². The number of H-pyrrole nitrogens is 1. The molecule has 6 heteroatoms. The Balaban J connectivity index is 2.14. The first-order valence-electron chi connectivity index (χ1n) is 5.44. The van der Waals surface area contributed by atoms with Gasteiger partial charge in [0, 0.05) is 24.5 Å². The topological polar surface area (TPSA) is 83.6 Å². The quantitative estimate of drug-likeness (QED) is 0.711. The molecule has 0 fully saturated rings. The molecular formula is C11H11N5O. The minimum Gasteiger partial charge on any atom is -0.311 e. The van der Waals surface area contributed by atoms with E-state index >= 15 is 0 Å². The van der Waals surface area contributed by atoms with Crippen LogP contribution in [0.15, 0.2) is 23.4 Å². The van der Waals surface area contributed by atoms with E-state index in [0.29, 0.717) is 18.1 Å². The van der Waals surface area contributed by atoms with E-state index in [2.05, 4.69) is 25.3 Å². The molecule has 2 aromatic heterocycles. The predicted octanol–water partition coefficient (Wildman–Crippen LogP) is -0.127. The Morgan fingerprint density at radius 1 is 1.29 bits per heavy atom. The molecular weight excluding hydrogens is 218 g/mol. The molecule has 3 rings (SSSR count). The number of nitrogens with zero attached hydrogens (tertiary/aromatic N) is 3. The molecule has 6 nitrogen and oxygen atoms in total. The Morgan fingerprint density at radius 3 is 3.06 bits per heavy atom. The van der Waals surface area contributed by atoms with Gasteiger partial charge in [0.25, 0.3) is 5.56 Å². The van der Waals surface area contributed by atoms with Gasteiger partial charge >= 0.3 is 0 Å². The fourth-order valence-corrected chi connectivity index (χ4v) is 1.91. The minimum absolute atomic E-state index is 0.0721. The molecule has 0 amide bonds. The largest absolute Gasteiger partial charge is 0.311 e. The van der Waals surface area contributed by atoms with Crippen LogP contribution >= 0.6 is 0 Å². The van der Waals surface area contributed by atoms with Crippen molar-refractivity contribution in [2.75, 3.05) is 6.54 Å². The van der Waals surface area contributed by atoms with E-state index in [4.69, 9.17) is 0 Å². The number of aromatic amines is 1. The molecule has 0 aromatic carbocycles. The summed E-state index contributed by atoms with van der Waals surface area (Å²) in [4.78, 5) is 27.2. The van der Waals surface area contributed by atoms with Gasteiger partial charge in [-0.05, 0) is 13.0 Å².